The monoisotopic (exact) mass is 350 g/mol. The van der Waals surface area contributed by atoms with Gasteiger partial charge in [-0.2, -0.15) is 0 Å². The predicted octanol–water partition coefficient (Wildman–Crippen LogP) is 2.99. The number of aromatic nitrogens is 1. The van der Waals surface area contributed by atoms with Crippen LogP contribution in [0.4, 0.5) is 0 Å². The first-order valence-electron chi connectivity index (χ1n) is 7.52. The summed E-state index contributed by atoms with van der Waals surface area (Å²) in [4.78, 5) is 24.4. The average molecular weight is 351 g/mol. The molecule has 0 saturated carbocycles. The molecule has 0 bridgehead atoms. The average Bonchev–Trinajstić information content (AvgIpc) is 2.85. The Balaban J connectivity index is 2.30. The number of aryl methyl sites for hydroxylation is 2. The van der Waals surface area contributed by atoms with E-state index in [0.717, 1.165) is 0 Å². The van der Waals surface area contributed by atoms with E-state index in [0.29, 0.717) is 27.6 Å². The van der Waals surface area contributed by atoms with Crippen LogP contribution in [-0.2, 0) is 21.5 Å². The highest BCUT2D eigenvalue weighted by Gasteiger charge is 2.40. The van der Waals surface area contributed by atoms with Gasteiger partial charge < -0.3 is 14.9 Å². The number of carboxylic acid groups (broad SMARTS) is 1. The summed E-state index contributed by atoms with van der Waals surface area (Å²) < 4.78 is 5.04. The number of amides is 1. The standard InChI is InChI=1S/C17H19ClN2O4/c1-4-17(16(22)23,12-5-7-13(18)8-6-12)19-15(21)9-14-10(2)20-24-11(14)3/h5-8H,4,9H2,1-3H3,(H,19,21)(H,22,23). The van der Waals surface area contributed by atoms with E-state index in [9.17, 15) is 14.7 Å². The second kappa shape index (κ2) is 7.05. The van der Waals surface area contributed by atoms with Gasteiger partial charge in [-0.25, -0.2) is 4.79 Å². The van der Waals surface area contributed by atoms with Crippen LogP contribution in [0.1, 0.15) is 35.9 Å². The highest BCUT2D eigenvalue weighted by Crippen LogP contribution is 2.27. The summed E-state index contributed by atoms with van der Waals surface area (Å²) in [7, 11) is 0. The second-order valence-corrected chi connectivity index (χ2v) is 6.04. The summed E-state index contributed by atoms with van der Waals surface area (Å²) in [5.74, 6) is -0.991. The molecule has 1 atom stereocenters. The van der Waals surface area contributed by atoms with Gasteiger partial charge >= 0.3 is 5.97 Å². The minimum atomic E-state index is -1.51. The quantitative estimate of drug-likeness (QED) is 0.835. The molecule has 128 valence electrons. The third-order valence-corrected chi connectivity index (χ3v) is 4.36. The Bertz CT molecular complexity index is 735. The van der Waals surface area contributed by atoms with Crippen molar-refractivity contribution >= 4 is 23.5 Å². The van der Waals surface area contributed by atoms with Crippen LogP contribution in [0.15, 0.2) is 28.8 Å². The van der Waals surface area contributed by atoms with Crippen LogP contribution in [0.2, 0.25) is 5.02 Å². The van der Waals surface area contributed by atoms with E-state index in [-0.39, 0.29) is 12.8 Å². The molecule has 2 rings (SSSR count). The van der Waals surface area contributed by atoms with Gasteiger partial charge in [0.25, 0.3) is 0 Å². The van der Waals surface area contributed by atoms with Crippen molar-refractivity contribution in [1.82, 2.24) is 10.5 Å². The maximum Gasteiger partial charge on any atom is 0.334 e. The minimum Gasteiger partial charge on any atom is -0.479 e. The van der Waals surface area contributed by atoms with Gasteiger partial charge in [0.1, 0.15) is 5.76 Å². The first-order chi connectivity index (χ1) is 11.3. The fourth-order valence-corrected chi connectivity index (χ4v) is 2.75. The van der Waals surface area contributed by atoms with Crippen LogP contribution in [-0.4, -0.2) is 22.1 Å². The lowest BCUT2D eigenvalue weighted by Crippen LogP contribution is -2.52. The van der Waals surface area contributed by atoms with Crippen LogP contribution < -0.4 is 5.32 Å². The van der Waals surface area contributed by atoms with Crippen molar-refractivity contribution in [2.45, 2.75) is 39.2 Å². The largest absolute Gasteiger partial charge is 0.479 e. The molecular weight excluding hydrogens is 332 g/mol. The molecule has 1 heterocycles. The number of benzene rings is 1. The molecule has 1 aromatic heterocycles. The Morgan fingerprint density at radius 3 is 2.38 bits per heavy atom. The molecule has 0 fully saturated rings. The number of carbonyl (C=O) groups excluding carboxylic acids is 1. The number of halogens is 1. The number of nitrogens with zero attached hydrogens (tertiary/aromatic N) is 1. The van der Waals surface area contributed by atoms with Gasteiger partial charge in [0.05, 0.1) is 12.1 Å². The van der Waals surface area contributed by atoms with Gasteiger partial charge in [-0.15, -0.1) is 0 Å². The van der Waals surface area contributed by atoms with Crippen molar-refractivity contribution in [2.24, 2.45) is 0 Å². The first kappa shape index (κ1) is 18.0. The number of aliphatic carboxylic acids is 1. The van der Waals surface area contributed by atoms with Gasteiger partial charge in [-0.1, -0.05) is 35.8 Å². The van der Waals surface area contributed by atoms with Crippen molar-refractivity contribution in [3.05, 3.63) is 51.9 Å². The normalized spacial score (nSPS) is 13.3. The van der Waals surface area contributed by atoms with Crippen LogP contribution in [0.3, 0.4) is 0 Å². The molecule has 1 amide bonds. The van der Waals surface area contributed by atoms with Crippen LogP contribution >= 0.6 is 11.6 Å². The Hall–Kier alpha value is -2.34. The summed E-state index contributed by atoms with van der Waals surface area (Å²) in [6, 6.07) is 6.42. The first-order valence-corrected chi connectivity index (χ1v) is 7.90. The second-order valence-electron chi connectivity index (χ2n) is 5.60. The van der Waals surface area contributed by atoms with Crippen molar-refractivity contribution < 1.29 is 19.2 Å². The molecule has 2 aromatic rings. The van der Waals surface area contributed by atoms with E-state index in [4.69, 9.17) is 16.1 Å². The summed E-state index contributed by atoms with van der Waals surface area (Å²) >= 11 is 5.87. The van der Waals surface area contributed by atoms with Gasteiger partial charge in [-0.05, 0) is 38.0 Å². The maximum atomic E-state index is 12.5. The third kappa shape index (κ3) is 3.43. The zero-order chi connectivity index (χ0) is 17.9. The highest BCUT2D eigenvalue weighted by molar-refractivity contribution is 6.30. The zero-order valence-electron chi connectivity index (χ0n) is 13.7. The Labute approximate surface area is 144 Å². The number of carbonyl (C=O) groups is 2. The fraction of sp³-hybridized carbons (Fsp3) is 0.353. The van der Waals surface area contributed by atoms with Crippen molar-refractivity contribution in [2.75, 3.05) is 0 Å². The fourth-order valence-electron chi connectivity index (χ4n) is 2.62. The number of hydrogen-bond acceptors (Lipinski definition) is 4. The van der Waals surface area contributed by atoms with E-state index in [1.165, 1.54) is 0 Å². The number of carboxylic acids is 1. The predicted molar refractivity (Wildman–Crippen MR) is 88.9 cm³/mol. The van der Waals surface area contributed by atoms with E-state index in [1.807, 2.05) is 0 Å². The molecule has 1 unspecified atom stereocenters. The smallest absolute Gasteiger partial charge is 0.334 e. The molecule has 0 aliphatic heterocycles. The Morgan fingerprint density at radius 1 is 1.29 bits per heavy atom. The molecule has 0 saturated heterocycles. The zero-order valence-corrected chi connectivity index (χ0v) is 14.5. The number of hydrogen-bond donors (Lipinski definition) is 2. The van der Waals surface area contributed by atoms with E-state index in [2.05, 4.69) is 10.5 Å². The van der Waals surface area contributed by atoms with Gasteiger partial charge in [-0.3, -0.25) is 4.79 Å². The molecule has 1 aromatic carbocycles. The molecule has 0 aliphatic carbocycles. The van der Waals surface area contributed by atoms with Gasteiger partial charge in [0.15, 0.2) is 5.54 Å². The third-order valence-electron chi connectivity index (χ3n) is 4.10. The summed E-state index contributed by atoms with van der Waals surface area (Å²) in [5.41, 5.74) is 0.236. The molecule has 0 aliphatic rings. The van der Waals surface area contributed by atoms with Crippen LogP contribution in [0.25, 0.3) is 0 Å². The molecule has 0 radical (unpaired) electrons. The summed E-state index contributed by atoms with van der Waals surface area (Å²) in [6.45, 7) is 5.16. The van der Waals surface area contributed by atoms with Gasteiger partial charge in [0.2, 0.25) is 5.91 Å². The molecule has 2 N–H and O–H groups in total. The van der Waals surface area contributed by atoms with Gasteiger partial charge in [0, 0.05) is 10.6 Å². The molecule has 7 heteroatoms. The molecule has 6 nitrogen and oxygen atoms in total. The molecular formula is C17H19ClN2O4. The van der Waals surface area contributed by atoms with Crippen molar-refractivity contribution in [3.63, 3.8) is 0 Å². The summed E-state index contributed by atoms with van der Waals surface area (Å²) in [5, 5.41) is 16.7. The topological polar surface area (TPSA) is 92.4 Å². The van der Waals surface area contributed by atoms with E-state index < -0.39 is 17.4 Å². The number of rotatable bonds is 6. The Kier molecular flexibility index (Phi) is 5.29. The lowest BCUT2D eigenvalue weighted by atomic mass is 9.87. The SMILES string of the molecule is CCC(NC(=O)Cc1c(C)noc1C)(C(=O)O)c1ccc(Cl)cc1. The number of nitrogens with one attached hydrogen (secondary N) is 1. The van der Waals surface area contributed by atoms with E-state index in [1.54, 1.807) is 45.0 Å². The van der Waals surface area contributed by atoms with E-state index >= 15 is 0 Å². The van der Waals surface area contributed by atoms with Crippen molar-refractivity contribution in [3.8, 4) is 0 Å². The Morgan fingerprint density at radius 2 is 1.92 bits per heavy atom. The van der Waals surface area contributed by atoms with Crippen LogP contribution in [0, 0.1) is 13.8 Å². The lowest BCUT2D eigenvalue weighted by molar-refractivity contribution is -0.148. The maximum absolute atomic E-state index is 12.5. The molecule has 24 heavy (non-hydrogen) atoms. The summed E-state index contributed by atoms with van der Waals surface area (Å²) in [6.07, 6.45) is 0.196. The minimum absolute atomic E-state index is 0.00376. The highest BCUT2D eigenvalue weighted by atomic mass is 35.5. The molecule has 0 spiro atoms. The lowest BCUT2D eigenvalue weighted by Gasteiger charge is -2.30. The van der Waals surface area contributed by atoms with Crippen molar-refractivity contribution in [1.29, 1.82) is 0 Å². The van der Waals surface area contributed by atoms with Crippen LogP contribution in [0.5, 0.6) is 0 Å².